The number of imide groups is 2. The lowest BCUT2D eigenvalue weighted by Gasteiger charge is -2.25. The zero-order valence-corrected chi connectivity index (χ0v) is 16.9. The summed E-state index contributed by atoms with van der Waals surface area (Å²) in [6, 6.07) is 6.39. The van der Waals surface area contributed by atoms with Gasteiger partial charge in [0.15, 0.2) is 0 Å². The largest absolute Gasteiger partial charge is 0.494 e. The molecule has 7 nitrogen and oxygen atoms in total. The van der Waals surface area contributed by atoms with Crippen LogP contribution in [0.1, 0.15) is 49.1 Å². The van der Waals surface area contributed by atoms with Crippen molar-refractivity contribution in [1.29, 1.82) is 0 Å². The number of carbonyl (C=O) groups excluding carboxylic acids is 3. The molecule has 0 radical (unpaired) electrons. The topological polar surface area (TPSA) is 88.8 Å². The Kier molecular flexibility index (Phi) is 5.87. The molecule has 152 valence electrons. The van der Waals surface area contributed by atoms with Crippen LogP contribution in [-0.2, 0) is 16.1 Å². The van der Waals surface area contributed by atoms with Crippen molar-refractivity contribution in [3.63, 3.8) is 0 Å². The maximum Gasteiger partial charge on any atom is 0.331 e. The molecular weight excluding hydrogens is 372 g/mol. The number of hydrogen-bond donors (Lipinski definition) is 1. The Bertz CT molecular complexity index is 973. The van der Waals surface area contributed by atoms with Crippen LogP contribution in [0.5, 0.6) is 5.75 Å². The van der Waals surface area contributed by atoms with Crippen LogP contribution in [-0.4, -0.2) is 29.4 Å². The third-order valence-electron chi connectivity index (χ3n) is 4.70. The fourth-order valence-corrected chi connectivity index (χ4v) is 3.15. The summed E-state index contributed by atoms with van der Waals surface area (Å²) in [5.74, 6) is 0.0598. The average molecular weight is 396 g/mol. The molecule has 0 spiro atoms. The number of urea groups is 1. The molecule has 1 saturated heterocycles. The summed E-state index contributed by atoms with van der Waals surface area (Å²) in [5.41, 5.74) is 2.47. The highest BCUT2D eigenvalue weighted by Crippen LogP contribution is 2.31. The highest BCUT2D eigenvalue weighted by Gasteiger charge is 2.36. The zero-order valence-electron chi connectivity index (χ0n) is 16.9. The molecule has 1 fully saturated rings. The van der Waals surface area contributed by atoms with Crippen LogP contribution in [0.15, 0.2) is 40.5 Å². The normalized spacial score (nSPS) is 16.0. The van der Waals surface area contributed by atoms with Gasteiger partial charge < -0.3 is 9.15 Å². The van der Waals surface area contributed by atoms with Crippen molar-refractivity contribution >= 4 is 23.9 Å². The van der Waals surface area contributed by atoms with E-state index in [-0.39, 0.29) is 18.0 Å². The minimum absolute atomic E-state index is 0.0538. The number of benzene rings is 1. The van der Waals surface area contributed by atoms with Crippen LogP contribution < -0.4 is 10.1 Å². The van der Waals surface area contributed by atoms with Gasteiger partial charge in [0.25, 0.3) is 11.8 Å². The highest BCUT2D eigenvalue weighted by molar-refractivity contribution is 6.31. The van der Waals surface area contributed by atoms with Gasteiger partial charge in [-0.05, 0) is 66.8 Å². The number of furan rings is 1. The van der Waals surface area contributed by atoms with E-state index in [9.17, 15) is 14.4 Å². The first kappa shape index (κ1) is 20.4. The lowest BCUT2D eigenvalue weighted by molar-refractivity contribution is -0.130. The molecule has 1 aliphatic rings. The third kappa shape index (κ3) is 4.23. The summed E-state index contributed by atoms with van der Waals surface area (Å²) >= 11 is 0. The predicted molar refractivity (Wildman–Crippen MR) is 107 cm³/mol. The lowest BCUT2D eigenvalue weighted by Crippen LogP contribution is -2.53. The van der Waals surface area contributed by atoms with Gasteiger partial charge in [0.05, 0.1) is 19.4 Å². The average Bonchev–Trinajstić information content (AvgIpc) is 3.17. The van der Waals surface area contributed by atoms with Gasteiger partial charge in [-0.2, -0.15) is 0 Å². The molecular formula is C22H24N2O5. The number of ether oxygens (including phenoxy) is 1. The monoisotopic (exact) mass is 396 g/mol. The number of rotatable bonds is 6. The maximum atomic E-state index is 12.9. The van der Waals surface area contributed by atoms with Crippen molar-refractivity contribution < 1.29 is 23.5 Å². The molecule has 3 rings (SSSR count). The van der Waals surface area contributed by atoms with Crippen LogP contribution in [0.4, 0.5) is 4.79 Å². The number of aryl methyl sites for hydroxylation is 1. The second-order valence-corrected chi connectivity index (χ2v) is 7.12. The first-order valence-corrected chi connectivity index (χ1v) is 9.50. The fraction of sp³-hybridized carbons (Fsp3) is 0.318. The van der Waals surface area contributed by atoms with Crippen molar-refractivity contribution in [2.45, 2.75) is 40.2 Å². The SMILES string of the molecule is CCOc1cc(C)c(/C=C2\C(=O)NC(=O)N(Cc3ccco3)C2=O)cc1C(C)C. The van der Waals surface area contributed by atoms with Crippen LogP contribution in [0, 0.1) is 6.92 Å². The molecule has 0 unspecified atom stereocenters. The first-order chi connectivity index (χ1) is 13.8. The van der Waals surface area contributed by atoms with E-state index < -0.39 is 17.8 Å². The molecule has 7 heteroatoms. The van der Waals surface area contributed by atoms with E-state index in [1.54, 1.807) is 12.1 Å². The first-order valence-electron chi connectivity index (χ1n) is 9.50. The number of nitrogens with one attached hydrogen (secondary N) is 1. The van der Waals surface area contributed by atoms with Gasteiger partial charge >= 0.3 is 6.03 Å². The molecule has 1 N–H and O–H groups in total. The molecule has 1 aliphatic heterocycles. The van der Waals surface area contributed by atoms with Crippen LogP contribution in [0.3, 0.4) is 0 Å². The molecule has 0 atom stereocenters. The molecule has 0 aliphatic carbocycles. The smallest absolute Gasteiger partial charge is 0.331 e. The summed E-state index contributed by atoms with van der Waals surface area (Å²) < 4.78 is 10.9. The summed E-state index contributed by atoms with van der Waals surface area (Å²) in [7, 11) is 0. The molecule has 0 bridgehead atoms. The van der Waals surface area contributed by atoms with Crippen molar-refractivity contribution in [3.8, 4) is 5.75 Å². The van der Waals surface area contributed by atoms with Gasteiger partial charge in [0.2, 0.25) is 0 Å². The lowest BCUT2D eigenvalue weighted by atomic mass is 9.95. The van der Waals surface area contributed by atoms with E-state index in [2.05, 4.69) is 5.32 Å². The fourth-order valence-electron chi connectivity index (χ4n) is 3.15. The van der Waals surface area contributed by atoms with Gasteiger partial charge in [0, 0.05) is 0 Å². The van der Waals surface area contributed by atoms with E-state index in [0.29, 0.717) is 12.4 Å². The molecule has 1 aromatic carbocycles. The number of carbonyl (C=O) groups is 3. The summed E-state index contributed by atoms with van der Waals surface area (Å²) in [4.78, 5) is 38.4. The van der Waals surface area contributed by atoms with E-state index in [1.165, 1.54) is 12.3 Å². The van der Waals surface area contributed by atoms with Crippen molar-refractivity contribution in [2.75, 3.05) is 6.61 Å². The number of amides is 4. The van der Waals surface area contributed by atoms with E-state index in [4.69, 9.17) is 9.15 Å². The molecule has 2 heterocycles. The van der Waals surface area contributed by atoms with Crippen molar-refractivity contribution in [1.82, 2.24) is 10.2 Å². The molecule has 1 aromatic heterocycles. The molecule has 4 amide bonds. The second-order valence-electron chi connectivity index (χ2n) is 7.12. The zero-order chi connectivity index (χ0) is 21.1. The Morgan fingerprint density at radius 3 is 2.62 bits per heavy atom. The van der Waals surface area contributed by atoms with Crippen molar-refractivity contribution in [2.24, 2.45) is 0 Å². The minimum atomic E-state index is -0.764. The Morgan fingerprint density at radius 1 is 1.24 bits per heavy atom. The number of hydrogen-bond acceptors (Lipinski definition) is 5. The predicted octanol–water partition coefficient (Wildman–Crippen LogP) is 3.77. The molecule has 29 heavy (non-hydrogen) atoms. The Labute approximate surface area is 169 Å². The number of nitrogens with zero attached hydrogens (tertiary/aromatic N) is 1. The van der Waals surface area contributed by atoms with Gasteiger partial charge in [-0.1, -0.05) is 13.8 Å². The van der Waals surface area contributed by atoms with Gasteiger partial charge in [-0.3, -0.25) is 19.8 Å². The van der Waals surface area contributed by atoms with Crippen LogP contribution in [0.2, 0.25) is 0 Å². The summed E-state index contributed by atoms with van der Waals surface area (Å²) in [6.45, 7) is 8.39. The Morgan fingerprint density at radius 2 is 2.00 bits per heavy atom. The quantitative estimate of drug-likeness (QED) is 0.593. The maximum absolute atomic E-state index is 12.9. The second kappa shape index (κ2) is 8.34. The Hall–Kier alpha value is -3.35. The highest BCUT2D eigenvalue weighted by atomic mass is 16.5. The molecule has 0 saturated carbocycles. The van der Waals surface area contributed by atoms with E-state index >= 15 is 0 Å². The van der Waals surface area contributed by atoms with Gasteiger partial charge in [0.1, 0.15) is 17.1 Å². The van der Waals surface area contributed by atoms with Crippen LogP contribution >= 0.6 is 0 Å². The van der Waals surface area contributed by atoms with E-state index in [1.807, 2.05) is 39.8 Å². The minimum Gasteiger partial charge on any atom is -0.494 e. The van der Waals surface area contributed by atoms with Gasteiger partial charge in [-0.15, -0.1) is 0 Å². The third-order valence-corrected chi connectivity index (χ3v) is 4.70. The summed E-state index contributed by atoms with van der Waals surface area (Å²) in [6.07, 6.45) is 2.98. The molecule has 2 aromatic rings. The van der Waals surface area contributed by atoms with E-state index in [0.717, 1.165) is 27.3 Å². The summed E-state index contributed by atoms with van der Waals surface area (Å²) in [5, 5.41) is 2.22. The van der Waals surface area contributed by atoms with Crippen LogP contribution in [0.25, 0.3) is 6.08 Å². The number of barbiturate groups is 1. The standard InChI is InChI=1S/C22H24N2O5/c1-5-28-19-9-14(4)15(10-17(19)13(2)3)11-18-20(25)23-22(27)24(21(18)26)12-16-7-6-8-29-16/h6-11,13H,5,12H2,1-4H3,(H,23,25,27)/b18-11+. The van der Waals surface area contributed by atoms with Crippen molar-refractivity contribution in [3.05, 3.63) is 58.6 Å². The van der Waals surface area contributed by atoms with Gasteiger partial charge in [-0.25, -0.2) is 4.79 Å². The Balaban J connectivity index is 1.99.